The van der Waals surface area contributed by atoms with Crippen molar-refractivity contribution < 1.29 is 9.53 Å². The lowest BCUT2D eigenvalue weighted by Gasteiger charge is -2.28. The molecular formula is C14H22N4O2. The van der Waals surface area contributed by atoms with Gasteiger partial charge in [-0.2, -0.15) is 0 Å². The quantitative estimate of drug-likeness (QED) is 0.874. The number of amides is 1. The Morgan fingerprint density at radius 1 is 1.60 bits per heavy atom. The largest absolute Gasteiger partial charge is 0.396 e. The van der Waals surface area contributed by atoms with Gasteiger partial charge in [-0.15, -0.1) is 0 Å². The zero-order valence-electron chi connectivity index (χ0n) is 12.4. The lowest BCUT2D eigenvalue weighted by atomic mass is 9.94. The molecule has 1 aromatic heterocycles. The molecular weight excluding hydrogens is 256 g/mol. The third kappa shape index (κ3) is 2.75. The average molecular weight is 278 g/mol. The second-order valence-corrected chi connectivity index (χ2v) is 5.82. The second-order valence-electron chi connectivity index (χ2n) is 5.82. The van der Waals surface area contributed by atoms with Crippen LogP contribution in [0.25, 0.3) is 0 Å². The molecule has 1 aliphatic rings. The Morgan fingerprint density at radius 3 is 2.85 bits per heavy atom. The number of hydrogen-bond donors (Lipinski definition) is 2. The number of nitrogen functional groups attached to an aromatic ring is 1. The molecule has 0 bridgehead atoms. The molecule has 2 unspecified atom stereocenters. The van der Waals surface area contributed by atoms with E-state index in [4.69, 9.17) is 10.5 Å². The van der Waals surface area contributed by atoms with Crippen LogP contribution in [0.5, 0.6) is 0 Å². The molecule has 6 nitrogen and oxygen atoms in total. The van der Waals surface area contributed by atoms with E-state index < -0.39 is 0 Å². The van der Waals surface area contributed by atoms with Crippen LogP contribution >= 0.6 is 0 Å². The molecule has 0 aliphatic carbocycles. The van der Waals surface area contributed by atoms with Gasteiger partial charge in [0.05, 0.1) is 23.5 Å². The van der Waals surface area contributed by atoms with Crippen LogP contribution in [0, 0.1) is 0 Å². The monoisotopic (exact) mass is 278 g/mol. The molecule has 0 spiro atoms. The van der Waals surface area contributed by atoms with Crippen LogP contribution in [0.2, 0.25) is 0 Å². The van der Waals surface area contributed by atoms with Gasteiger partial charge in [0, 0.05) is 12.5 Å². The highest BCUT2D eigenvalue weighted by atomic mass is 16.5. The summed E-state index contributed by atoms with van der Waals surface area (Å²) in [5.74, 6) is 0.489. The molecule has 0 saturated carbocycles. The number of ether oxygens (including phenoxy) is 1. The van der Waals surface area contributed by atoms with E-state index in [1.807, 2.05) is 27.7 Å². The van der Waals surface area contributed by atoms with Gasteiger partial charge in [0.15, 0.2) is 5.69 Å². The highest BCUT2D eigenvalue weighted by molar-refractivity contribution is 5.97. The Labute approximate surface area is 119 Å². The molecule has 0 radical (unpaired) electrons. The Bertz CT molecular complexity index is 518. The fourth-order valence-electron chi connectivity index (χ4n) is 2.18. The summed E-state index contributed by atoms with van der Waals surface area (Å²) in [5.41, 5.74) is 5.98. The average Bonchev–Trinajstić information content (AvgIpc) is 2.69. The summed E-state index contributed by atoms with van der Waals surface area (Å²) in [5, 5.41) is 2.99. The summed E-state index contributed by atoms with van der Waals surface area (Å²) in [6, 6.07) is 0. The number of nitrogens with zero attached hydrogens (tertiary/aromatic N) is 2. The van der Waals surface area contributed by atoms with Crippen LogP contribution in [-0.4, -0.2) is 34.1 Å². The van der Waals surface area contributed by atoms with Gasteiger partial charge in [0.2, 0.25) is 0 Å². The molecule has 1 aromatic rings. The van der Waals surface area contributed by atoms with Crippen LogP contribution in [0.1, 0.15) is 56.3 Å². The maximum Gasteiger partial charge on any atom is 0.272 e. The van der Waals surface area contributed by atoms with E-state index in [1.54, 1.807) is 0 Å². The number of nitrogens with two attached hydrogens (primary N) is 1. The minimum absolute atomic E-state index is 0.0286. The van der Waals surface area contributed by atoms with Crippen LogP contribution < -0.4 is 11.1 Å². The Morgan fingerprint density at radius 2 is 2.30 bits per heavy atom. The Kier molecular flexibility index (Phi) is 3.94. The van der Waals surface area contributed by atoms with E-state index in [2.05, 4.69) is 15.3 Å². The zero-order valence-corrected chi connectivity index (χ0v) is 12.4. The van der Waals surface area contributed by atoms with E-state index in [1.165, 1.54) is 6.20 Å². The van der Waals surface area contributed by atoms with Crippen molar-refractivity contribution in [2.24, 2.45) is 0 Å². The van der Waals surface area contributed by atoms with E-state index in [-0.39, 0.29) is 29.2 Å². The molecule has 110 valence electrons. The minimum atomic E-state index is -0.382. The zero-order chi connectivity index (χ0) is 14.9. The number of carbonyl (C=O) groups is 1. The van der Waals surface area contributed by atoms with Gasteiger partial charge in [-0.1, -0.05) is 13.8 Å². The van der Waals surface area contributed by atoms with Crippen molar-refractivity contribution in [3.63, 3.8) is 0 Å². The van der Waals surface area contributed by atoms with E-state index >= 15 is 0 Å². The summed E-state index contributed by atoms with van der Waals surface area (Å²) < 4.78 is 5.52. The van der Waals surface area contributed by atoms with Crippen molar-refractivity contribution in [2.45, 2.75) is 51.7 Å². The first-order valence-electron chi connectivity index (χ1n) is 6.90. The number of rotatable bonds is 3. The summed E-state index contributed by atoms with van der Waals surface area (Å²) in [6.07, 6.45) is 2.25. The number of nitrogens with one attached hydrogen (secondary N) is 1. The molecule has 1 aliphatic heterocycles. The van der Waals surface area contributed by atoms with Gasteiger partial charge >= 0.3 is 0 Å². The van der Waals surface area contributed by atoms with Gasteiger partial charge in [-0.05, 0) is 20.3 Å². The van der Waals surface area contributed by atoms with Crippen molar-refractivity contribution in [1.82, 2.24) is 15.3 Å². The van der Waals surface area contributed by atoms with Crippen LogP contribution in [0.4, 0.5) is 5.69 Å². The molecule has 1 saturated heterocycles. The van der Waals surface area contributed by atoms with Gasteiger partial charge in [-0.3, -0.25) is 4.79 Å². The van der Waals surface area contributed by atoms with Gasteiger partial charge in [0.1, 0.15) is 5.82 Å². The topological polar surface area (TPSA) is 90.1 Å². The van der Waals surface area contributed by atoms with Crippen molar-refractivity contribution in [3.8, 4) is 0 Å². The number of carbonyl (C=O) groups excluding carboxylic acids is 1. The normalized spacial score (nSPS) is 25.9. The van der Waals surface area contributed by atoms with E-state index in [0.29, 0.717) is 18.1 Å². The third-order valence-corrected chi connectivity index (χ3v) is 3.85. The third-order valence-electron chi connectivity index (χ3n) is 3.85. The van der Waals surface area contributed by atoms with Crippen LogP contribution in [-0.2, 0) is 4.74 Å². The first kappa shape index (κ1) is 14.7. The summed E-state index contributed by atoms with van der Waals surface area (Å²) in [6.45, 7) is 8.52. The van der Waals surface area contributed by atoms with Gasteiger partial charge in [0.25, 0.3) is 5.91 Å². The van der Waals surface area contributed by atoms with Gasteiger partial charge in [-0.25, -0.2) is 9.97 Å². The number of hydrogen-bond acceptors (Lipinski definition) is 5. The second kappa shape index (κ2) is 5.36. The number of anilines is 1. The minimum Gasteiger partial charge on any atom is -0.396 e. The highest BCUT2D eigenvalue weighted by Gasteiger charge is 2.39. The maximum atomic E-state index is 12.4. The Balaban J connectivity index is 2.23. The molecule has 20 heavy (non-hydrogen) atoms. The molecule has 1 amide bonds. The van der Waals surface area contributed by atoms with E-state index in [9.17, 15) is 4.79 Å². The van der Waals surface area contributed by atoms with Gasteiger partial charge < -0.3 is 15.8 Å². The SMILES string of the molecule is CC(C)c1ncc(N)c(C(=O)NC2(C)CCOC2C)n1. The smallest absolute Gasteiger partial charge is 0.272 e. The molecule has 2 heterocycles. The molecule has 3 N–H and O–H groups in total. The number of aromatic nitrogens is 2. The lowest BCUT2D eigenvalue weighted by molar-refractivity contribution is 0.0724. The lowest BCUT2D eigenvalue weighted by Crippen LogP contribution is -2.51. The van der Waals surface area contributed by atoms with Crippen molar-refractivity contribution in [3.05, 3.63) is 17.7 Å². The van der Waals surface area contributed by atoms with Crippen LogP contribution in [0.3, 0.4) is 0 Å². The standard InChI is InChI=1S/C14H22N4O2/c1-8(2)12-16-7-10(15)11(17-12)13(19)18-14(4)5-6-20-9(14)3/h7-9H,5-6,15H2,1-4H3,(H,18,19). The predicted octanol–water partition coefficient (Wildman–Crippen LogP) is 1.48. The van der Waals surface area contributed by atoms with Crippen LogP contribution in [0.15, 0.2) is 6.20 Å². The first-order valence-corrected chi connectivity index (χ1v) is 6.90. The van der Waals surface area contributed by atoms with E-state index in [0.717, 1.165) is 6.42 Å². The molecule has 6 heteroatoms. The summed E-state index contributed by atoms with van der Waals surface area (Å²) in [4.78, 5) is 20.8. The van der Waals surface area contributed by atoms with Crippen molar-refractivity contribution >= 4 is 11.6 Å². The summed E-state index contributed by atoms with van der Waals surface area (Å²) in [7, 11) is 0. The Hall–Kier alpha value is -1.69. The van der Waals surface area contributed by atoms with Crippen molar-refractivity contribution in [1.29, 1.82) is 0 Å². The highest BCUT2D eigenvalue weighted by Crippen LogP contribution is 2.26. The van der Waals surface area contributed by atoms with Crippen molar-refractivity contribution in [2.75, 3.05) is 12.3 Å². The molecule has 0 aromatic carbocycles. The fourth-order valence-corrected chi connectivity index (χ4v) is 2.18. The maximum absolute atomic E-state index is 12.4. The predicted molar refractivity (Wildman–Crippen MR) is 76.4 cm³/mol. The molecule has 1 fully saturated rings. The summed E-state index contributed by atoms with van der Waals surface area (Å²) >= 11 is 0. The molecule has 2 rings (SSSR count). The molecule has 2 atom stereocenters. The first-order chi connectivity index (χ1) is 9.33. The fraction of sp³-hybridized carbons (Fsp3) is 0.643.